The molecule has 1 aromatic carbocycles. The highest BCUT2D eigenvalue weighted by atomic mass is 31.1. The van der Waals surface area contributed by atoms with Crippen LogP contribution in [0.2, 0.25) is 0 Å². The summed E-state index contributed by atoms with van der Waals surface area (Å²) < 4.78 is 0. The van der Waals surface area contributed by atoms with Crippen molar-refractivity contribution in [3.8, 4) is 0 Å². The van der Waals surface area contributed by atoms with Gasteiger partial charge in [-0.1, -0.05) is 52.1 Å². The topological polar surface area (TPSA) is 0 Å². The minimum absolute atomic E-state index is 0.104. The van der Waals surface area contributed by atoms with Gasteiger partial charge in [0, 0.05) is 0 Å². The van der Waals surface area contributed by atoms with Crippen molar-refractivity contribution in [1.29, 1.82) is 0 Å². The summed E-state index contributed by atoms with van der Waals surface area (Å²) in [5, 5.41) is 1.48. The van der Waals surface area contributed by atoms with Gasteiger partial charge >= 0.3 is 0 Å². The van der Waals surface area contributed by atoms with E-state index in [4.69, 9.17) is 0 Å². The van der Waals surface area contributed by atoms with Crippen molar-refractivity contribution in [2.45, 2.75) is 13.8 Å². The molecule has 0 aliphatic heterocycles. The molecule has 0 aliphatic rings. The Hall–Kier alpha value is -0.350. The fraction of sp³-hybridized carbons (Fsp3) is 0.400. The molecule has 0 saturated heterocycles. The molecule has 62 valence electrons. The summed E-state index contributed by atoms with van der Waals surface area (Å²) in [4.78, 5) is 0. The maximum Gasteiger partial charge on any atom is -0.0246 e. The highest BCUT2D eigenvalue weighted by molar-refractivity contribution is 7.64. The predicted molar refractivity (Wildman–Crippen MR) is 56.2 cm³/mol. The van der Waals surface area contributed by atoms with Crippen LogP contribution in [0.1, 0.15) is 13.8 Å². The van der Waals surface area contributed by atoms with E-state index in [0.29, 0.717) is 0 Å². The lowest BCUT2D eigenvalue weighted by Gasteiger charge is -2.02. The molecule has 0 saturated carbocycles. The first-order chi connectivity index (χ1) is 5.30. The molecular weight excluding hydrogens is 151 g/mol. The van der Waals surface area contributed by atoms with Gasteiger partial charge in [0.05, 0.1) is 0 Å². The summed E-state index contributed by atoms with van der Waals surface area (Å²) in [6.45, 7) is 8.54. The van der Waals surface area contributed by atoms with Gasteiger partial charge in [-0.25, -0.2) is 0 Å². The second-order valence-corrected chi connectivity index (χ2v) is 4.54. The van der Waals surface area contributed by atoms with E-state index in [2.05, 4.69) is 43.7 Å². The minimum atomic E-state index is 0.104. The molecule has 0 aliphatic carbocycles. The van der Waals surface area contributed by atoms with E-state index in [1.807, 2.05) is 13.8 Å². The van der Waals surface area contributed by atoms with Crippen LogP contribution in [0.4, 0.5) is 0 Å². The van der Waals surface area contributed by atoms with Gasteiger partial charge in [-0.05, 0) is 18.6 Å². The Kier molecular flexibility index (Phi) is 6.16. The average molecular weight is 168 g/mol. The molecule has 0 amide bonds. The van der Waals surface area contributed by atoms with Crippen molar-refractivity contribution in [3.63, 3.8) is 0 Å². The van der Waals surface area contributed by atoms with E-state index in [-0.39, 0.29) is 7.92 Å². The monoisotopic (exact) mass is 168 g/mol. The van der Waals surface area contributed by atoms with E-state index < -0.39 is 0 Å². The molecule has 0 fully saturated rings. The van der Waals surface area contributed by atoms with Crippen molar-refractivity contribution in [1.82, 2.24) is 0 Å². The van der Waals surface area contributed by atoms with Crippen LogP contribution in [0.3, 0.4) is 0 Å². The van der Waals surface area contributed by atoms with Gasteiger partial charge in [-0.3, -0.25) is 0 Å². The standard InChI is InChI=1S/C8H11P.C2H6/c1-9(2)8-6-4-3-5-7-8;1-2/h3-7H,1-2H3;1-2H3. The summed E-state index contributed by atoms with van der Waals surface area (Å²) in [5.41, 5.74) is 0. The maximum atomic E-state index is 2.27. The minimum Gasteiger partial charge on any atom is -0.0817 e. The van der Waals surface area contributed by atoms with Crippen molar-refractivity contribution < 1.29 is 0 Å². The third-order valence-corrected chi connectivity index (χ3v) is 2.60. The summed E-state index contributed by atoms with van der Waals surface area (Å²) in [5.74, 6) is 0. The van der Waals surface area contributed by atoms with Gasteiger partial charge in [0.1, 0.15) is 0 Å². The van der Waals surface area contributed by atoms with Crippen LogP contribution in [-0.2, 0) is 0 Å². The fourth-order valence-electron chi connectivity index (χ4n) is 0.726. The third kappa shape index (κ3) is 4.16. The van der Waals surface area contributed by atoms with E-state index in [1.54, 1.807) is 0 Å². The van der Waals surface area contributed by atoms with Gasteiger partial charge in [0.15, 0.2) is 0 Å². The number of hydrogen-bond donors (Lipinski definition) is 0. The van der Waals surface area contributed by atoms with Gasteiger partial charge in [0.25, 0.3) is 0 Å². The summed E-state index contributed by atoms with van der Waals surface area (Å²) in [6.07, 6.45) is 0. The van der Waals surface area contributed by atoms with Crippen molar-refractivity contribution >= 4 is 13.2 Å². The van der Waals surface area contributed by atoms with Gasteiger partial charge in [0.2, 0.25) is 0 Å². The van der Waals surface area contributed by atoms with Crippen molar-refractivity contribution in [2.75, 3.05) is 13.3 Å². The van der Waals surface area contributed by atoms with Crippen molar-refractivity contribution in [3.05, 3.63) is 30.3 Å². The SMILES string of the molecule is CC.CP(C)c1ccccc1. The van der Waals surface area contributed by atoms with E-state index >= 15 is 0 Å². The highest BCUT2D eigenvalue weighted by Crippen LogP contribution is 2.22. The van der Waals surface area contributed by atoms with E-state index in [1.165, 1.54) is 5.30 Å². The first-order valence-electron chi connectivity index (χ1n) is 4.03. The Labute approximate surface area is 71.4 Å². The Morgan fingerprint density at radius 1 is 0.909 bits per heavy atom. The van der Waals surface area contributed by atoms with Crippen LogP contribution < -0.4 is 5.30 Å². The number of hydrogen-bond acceptors (Lipinski definition) is 0. The molecule has 1 rings (SSSR count). The molecule has 1 heteroatoms. The zero-order chi connectivity index (χ0) is 8.69. The van der Waals surface area contributed by atoms with Crippen molar-refractivity contribution in [2.24, 2.45) is 0 Å². The summed E-state index contributed by atoms with van der Waals surface area (Å²) >= 11 is 0. The molecule has 0 N–H and O–H groups in total. The highest BCUT2D eigenvalue weighted by Gasteiger charge is 1.92. The molecular formula is C10H17P. The number of benzene rings is 1. The molecule has 0 unspecified atom stereocenters. The second kappa shape index (κ2) is 6.37. The summed E-state index contributed by atoms with van der Waals surface area (Å²) in [6, 6.07) is 10.6. The first-order valence-corrected chi connectivity index (χ1v) is 6.26. The van der Waals surface area contributed by atoms with Crippen LogP contribution in [0, 0.1) is 0 Å². The molecule has 0 nitrogen and oxygen atoms in total. The smallest absolute Gasteiger partial charge is 0.0246 e. The molecule has 0 spiro atoms. The zero-order valence-electron chi connectivity index (χ0n) is 7.83. The van der Waals surface area contributed by atoms with Crippen LogP contribution >= 0.6 is 7.92 Å². The maximum absolute atomic E-state index is 2.27. The van der Waals surface area contributed by atoms with Gasteiger partial charge in [-0.2, -0.15) is 0 Å². The lowest BCUT2D eigenvalue weighted by atomic mass is 10.4. The fourth-order valence-corrected chi connectivity index (χ4v) is 1.49. The molecule has 1 aromatic rings. The Balaban J connectivity index is 0.000000461. The van der Waals surface area contributed by atoms with Crippen LogP contribution in [-0.4, -0.2) is 13.3 Å². The normalized spacial score (nSPS) is 8.82. The molecule has 0 heterocycles. The average Bonchev–Trinajstić information content (AvgIpc) is 2.10. The largest absolute Gasteiger partial charge is 0.0817 e. The molecule has 11 heavy (non-hydrogen) atoms. The lowest BCUT2D eigenvalue weighted by Crippen LogP contribution is -1.95. The van der Waals surface area contributed by atoms with Crippen LogP contribution in [0.15, 0.2) is 30.3 Å². The summed E-state index contributed by atoms with van der Waals surface area (Å²) in [7, 11) is 0.104. The molecule has 0 atom stereocenters. The Morgan fingerprint density at radius 3 is 1.64 bits per heavy atom. The molecule has 0 bridgehead atoms. The van der Waals surface area contributed by atoms with Crippen LogP contribution in [0.5, 0.6) is 0 Å². The predicted octanol–water partition coefficient (Wildman–Crippen LogP) is 3.08. The number of rotatable bonds is 1. The van der Waals surface area contributed by atoms with E-state index in [0.717, 1.165) is 0 Å². The Morgan fingerprint density at radius 2 is 1.36 bits per heavy atom. The second-order valence-electron chi connectivity index (χ2n) is 2.23. The van der Waals surface area contributed by atoms with Gasteiger partial charge in [-0.15, -0.1) is 0 Å². The Bertz CT molecular complexity index is 167. The van der Waals surface area contributed by atoms with Crippen LogP contribution in [0.25, 0.3) is 0 Å². The van der Waals surface area contributed by atoms with Gasteiger partial charge < -0.3 is 0 Å². The molecule has 0 aromatic heterocycles. The van der Waals surface area contributed by atoms with E-state index in [9.17, 15) is 0 Å². The lowest BCUT2D eigenvalue weighted by molar-refractivity contribution is 1.50. The molecule has 0 radical (unpaired) electrons. The quantitative estimate of drug-likeness (QED) is 0.565. The first kappa shape index (κ1) is 10.7. The third-order valence-electron chi connectivity index (χ3n) is 1.27. The zero-order valence-corrected chi connectivity index (χ0v) is 8.73.